The molecule has 1 aliphatic rings. The van der Waals surface area contributed by atoms with Gasteiger partial charge in [-0.3, -0.25) is 0 Å². The number of hydrogen-bond acceptors (Lipinski definition) is 5. The van der Waals surface area contributed by atoms with Crippen LogP contribution in [-0.4, -0.2) is 36.1 Å². The number of benzene rings is 1. The number of rotatable bonds is 5. The highest BCUT2D eigenvalue weighted by atomic mass is 35.5. The van der Waals surface area contributed by atoms with Crippen LogP contribution >= 0.6 is 11.6 Å². The number of aromatic amines is 1. The number of esters is 1. The van der Waals surface area contributed by atoms with Gasteiger partial charge in [-0.1, -0.05) is 23.8 Å². The minimum Gasteiger partial charge on any atom is -0.496 e. The van der Waals surface area contributed by atoms with Gasteiger partial charge in [-0.25, -0.2) is 9.79 Å². The van der Waals surface area contributed by atoms with Crippen molar-refractivity contribution in [3.8, 4) is 5.75 Å². The monoisotopic (exact) mass is 413 g/mol. The average Bonchev–Trinajstić information content (AvgIpc) is 3.01. The predicted molar refractivity (Wildman–Crippen MR) is 119 cm³/mol. The maximum Gasteiger partial charge on any atom is 0.352 e. The zero-order valence-corrected chi connectivity index (χ0v) is 17.7. The minimum absolute atomic E-state index is 0.295. The number of hydrogen-bond donors (Lipinski definition) is 2. The molecule has 0 atom stereocenters. The molecule has 0 aliphatic carbocycles. The number of carbonyl (C=O) groups excluding carboxylic acids is 1. The predicted octanol–water partition coefficient (Wildman–Crippen LogP) is 5.63. The van der Waals surface area contributed by atoms with E-state index < -0.39 is 5.97 Å². The summed E-state index contributed by atoms with van der Waals surface area (Å²) in [5.41, 5.74) is 3.91. The van der Waals surface area contributed by atoms with Gasteiger partial charge in [0.25, 0.3) is 0 Å². The number of methoxy groups -OCH3 is 1. The molecule has 2 N–H and O–H groups in total. The maximum absolute atomic E-state index is 12.3. The Labute approximate surface area is 174 Å². The molecule has 3 rings (SSSR count). The van der Waals surface area contributed by atoms with E-state index in [-0.39, 0.29) is 0 Å². The summed E-state index contributed by atoms with van der Waals surface area (Å²) in [4.78, 5) is 20.1. The number of aliphatic imine (C=N–C) groups is 1. The average molecular weight is 414 g/mol. The van der Waals surface area contributed by atoms with Gasteiger partial charge in [0.15, 0.2) is 0 Å². The molecule has 152 valence electrons. The molecule has 0 saturated carbocycles. The molecule has 0 bridgehead atoms. The van der Waals surface area contributed by atoms with E-state index in [1.807, 2.05) is 31.2 Å². The Bertz CT molecular complexity index is 1080. The first-order valence-corrected chi connectivity index (χ1v) is 9.85. The normalized spacial score (nSPS) is 18.0. The van der Waals surface area contributed by atoms with E-state index in [0.29, 0.717) is 47.5 Å². The van der Waals surface area contributed by atoms with Gasteiger partial charge in [-0.2, -0.15) is 0 Å². The second-order valence-corrected chi connectivity index (χ2v) is 7.05. The number of halogens is 1. The highest BCUT2D eigenvalue weighted by Gasteiger charge is 2.22. The van der Waals surface area contributed by atoms with Crippen molar-refractivity contribution in [2.75, 3.05) is 13.7 Å². The highest BCUT2D eigenvalue weighted by molar-refractivity contribution is 6.50. The zero-order valence-electron chi connectivity index (χ0n) is 17.0. The van der Waals surface area contributed by atoms with Crippen LogP contribution < -0.4 is 4.74 Å². The largest absolute Gasteiger partial charge is 0.496 e. The minimum atomic E-state index is -0.419. The number of nitrogens with one attached hydrogen (secondary N) is 2. The number of H-pyrrole nitrogens is 1. The van der Waals surface area contributed by atoms with Crippen LogP contribution in [0.2, 0.25) is 0 Å². The smallest absolute Gasteiger partial charge is 0.352 e. The second-order valence-electron chi connectivity index (χ2n) is 6.64. The fourth-order valence-corrected chi connectivity index (χ4v) is 3.78. The van der Waals surface area contributed by atoms with Gasteiger partial charge in [0.2, 0.25) is 0 Å². The molecule has 0 spiro atoms. The Hall–Kier alpha value is -2.86. The Balaban J connectivity index is 2.27. The second kappa shape index (κ2) is 8.66. The first-order valence-electron chi connectivity index (χ1n) is 9.47. The first kappa shape index (κ1) is 20.9. The van der Waals surface area contributed by atoms with Crippen LogP contribution in [0, 0.1) is 5.41 Å². The molecule has 0 saturated heterocycles. The number of allylic oxidation sites excluding steroid dienone is 3. The third-order valence-electron chi connectivity index (χ3n) is 4.78. The van der Waals surface area contributed by atoms with E-state index in [9.17, 15) is 4.79 Å². The molecule has 2 heterocycles. The van der Waals surface area contributed by atoms with Crippen LogP contribution in [0.1, 0.15) is 44.7 Å². The van der Waals surface area contributed by atoms with Crippen molar-refractivity contribution in [1.29, 1.82) is 5.41 Å². The topological polar surface area (TPSA) is 87.5 Å². The Morgan fingerprint density at radius 2 is 2.17 bits per heavy atom. The lowest BCUT2D eigenvalue weighted by Gasteiger charge is -2.12. The summed E-state index contributed by atoms with van der Waals surface area (Å²) in [5.74, 6) is 0.731. The molecule has 0 fully saturated rings. The maximum atomic E-state index is 12.3. The number of nitrogens with zero attached hydrogens (tertiary/aromatic N) is 1. The Morgan fingerprint density at radius 3 is 2.79 bits per heavy atom. The fourth-order valence-electron chi connectivity index (χ4n) is 3.48. The van der Waals surface area contributed by atoms with Crippen LogP contribution in [0.15, 0.2) is 29.3 Å². The molecule has 7 heteroatoms. The van der Waals surface area contributed by atoms with Gasteiger partial charge in [-0.05, 0) is 39.3 Å². The van der Waals surface area contributed by atoms with E-state index in [0.717, 1.165) is 27.6 Å². The van der Waals surface area contributed by atoms with Gasteiger partial charge in [0.1, 0.15) is 17.3 Å². The summed E-state index contributed by atoms with van der Waals surface area (Å²) in [6.45, 7) is 5.69. The lowest BCUT2D eigenvalue weighted by molar-refractivity contribution is -0.135. The van der Waals surface area contributed by atoms with Crippen molar-refractivity contribution in [3.63, 3.8) is 0 Å². The Morgan fingerprint density at radius 1 is 1.41 bits per heavy atom. The summed E-state index contributed by atoms with van der Waals surface area (Å²) in [5, 5.41) is 9.48. The standard InChI is InChI=1S/C22H24ClN3O3/c1-5-13(12(3)24)14-10-18-15(11-19(14)28-4)20-16(23)8-7-9-17(22(27)29-6-2)25-21(20)26-18/h5,8,10-11,24,26H,6-7,9H2,1-4H3/b13-5?,16-8+,24-12?,25-17+. The Kier molecular flexibility index (Phi) is 6.23. The van der Waals surface area contributed by atoms with Crippen LogP contribution in [-0.2, 0) is 9.53 Å². The summed E-state index contributed by atoms with van der Waals surface area (Å²) in [6, 6.07) is 3.82. The first-order chi connectivity index (χ1) is 13.9. The molecule has 0 unspecified atom stereocenters. The van der Waals surface area contributed by atoms with Crippen molar-refractivity contribution in [2.24, 2.45) is 4.99 Å². The van der Waals surface area contributed by atoms with Crippen molar-refractivity contribution in [2.45, 2.75) is 33.6 Å². The summed E-state index contributed by atoms with van der Waals surface area (Å²) >= 11 is 6.58. The van der Waals surface area contributed by atoms with Crippen LogP contribution in [0.25, 0.3) is 21.5 Å². The van der Waals surface area contributed by atoms with Gasteiger partial charge in [0.05, 0.1) is 13.7 Å². The molecule has 1 aromatic carbocycles. The number of aromatic nitrogens is 1. The highest BCUT2D eigenvalue weighted by Crippen LogP contribution is 2.41. The molecule has 29 heavy (non-hydrogen) atoms. The van der Waals surface area contributed by atoms with E-state index >= 15 is 0 Å². The van der Waals surface area contributed by atoms with Crippen molar-refractivity contribution < 1.29 is 14.3 Å². The van der Waals surface area contributed by atoms with E-state index in [2.05, 4.69) is 9.98 Å². The van der Waals surface area contributed by atoms with Gasteiger partial charge >= 0.3 is 5.97 Å². The summed E-state index contributed by atoms with van der Waals surface area (Å²) < 4.78 is 10.7. The third kappa shape index (κ3) is 3.98. The molecular weight excluding hydrogens is 390 g/mol. The summed E-state index contributed by atoms with van der Waals surface area (Å²) in [6.07, 6.45) is 4.82. The SMILES string of the molecule is CC=C(C(C)=N)c1cc2[nH]c3c(c2cc1OC)/C(Cl)=C\CC/C(C(=O)OCC)=N\3. The number of fused-ring (bicyclic) bond motifs is 3. The number of carbonyl (C=O) groups is 1. The van der Waals surface area contributed by atoms with Crippen LogP contribution in [0.5, 0.6) is 5.75 Å². The van der Waals surface area contributed by atoms with Crippen LogP contribution in [0.3, 0.4) is 0 Å². The number of ether oxygens (including phenoxy) is 2. The molecule has 0 radical (unpaired) electrons. The summed E-state index contributed by atoms with van der Waals surface area (Å²) in [7, 11) is 1.60. The van der Waals surface area contributed by atoms with Crippen molar-refractivity contribution in [1.82, 2.24) is 4.98 Å². The molecule has 6 nitrogen and oxygen atoms in total. The molecule has 1 aliphatic heterocycles. The lowest BCUT2D eigenvalue weighted by Crippen LogP contribution is -2.17. The van der Waals surface area contributed by atoms with Crippen molar-refractivity contribution in [3.05, 3.63) is 35.4 Å². The third-order valence-corrected chi connectivity index (χ3v) is 5.13. The van der Waals surface area contributed by atoms with Gasteiger partial charge < -0.3 is 19.9 Å². The van der Waals surface area contributed by atoms with E-state index in [1.165, 1.54) is 0 Å². The molecular formula is C22H24ClN3O3. The van der Waals surface area contributed by atoms with Crippen LogP contribution in [0.4, 0.5) is 5.82 Å². The van der Waals surface area contributed by atoms with Gasteiger partial charge in [0, 0.05) is 44.8 Å². The quantitative estimate of drug-likeness (QED) is 0.492. The molecule has 0 amide bonds. The fraction of sp³-hybridized carbons (Fsp3) is 0.318. The molecule has 1 aromatic heterocycles. The van der Waals surface area contributed by atoms with E-state index in [4.69, 9.17) is 26.5 Å². The van der Waals surface area contributed by atoms with Gasteiger partial charge in [-0.15, -0.1) is 0 Å². The lowest BCUT2D eigenvalue weighted by atomic mass is 9.98. The zero-order chi connectivity index (χ0) is 21.1. The molecule has 2 aromatic rings. The van der Waals surface area contributed by atoms with E-state index in [1.54, 1.807) is 21.0 Å². The van der Waals surface area contributed by atoms with Crippen molar-refractivity contribution >= 4 is 56.3 Å².